The van der Waals surface area contributed by atoms with E-state index in [0.717, 1.165) is 5.56 Å². The third-order valence-corrected chi connectivity index (χ3v) is 2.57. The van der Waals surface area contributed by atoms with Crippen LogP contribution in [0.5, 0.6) is 5.75 Å². The standard InChI is InChI=1S/C12H9ClN2O3/c13-11-7-10(15(16)17)1-2-12(11)18-8-9-3-5-14-6-4-9/h1-7H,8H2. The lowest BCUT2D eigenvalue weighted by Crippen LogP contribution is -1.96. The Labute approximate surface area is 108 Å². The fourth-order valence-corrected chi connectivity index (χ4v) is 1.59. The molecule has 0 atom stereocenters. The van der Waals surface area contributed by atoms with Gasteiger partial charge in [-0.05, 0) is 23.8 Å². The average molecular weight is 265 g/mol. The molecule has 0 bridgehead atoms. The monoisotopic (exact) mass is 264 g/mol. The zero-order valence-corrected chi connectivity index (χ0v) is 10.0. The van der Waals surface area contributed by atoms with E-state index >= 15 is 0 Å². The van der Waals surface area contributed by atoms with Crippen LogP contribution in [0.25, 0.3) is 0 Å². The van der Waals surface area contributed by atoms with Gasteiger partial charge in [-0.2, -0.15) is 0 Å². The van der Waals surface area contributed by atoms with Crippen molar-refractivity contribution in [2.75, 3.05) is 0 Å². The minimum Gasteiger partial charge on any atom is -0.487 e. The summed E-state index contributed by atoms with van der Waals surface area (Å²) in [7, 11) is 0. The number of hydrogen-bond acceptors (Lipinski definition) is 4. The molecule has 0 aliphatic rings. The Kier molecular flexibility index (Phi) is 3.74. The van der Waals surface area contributed by atoms with Gasteiger partial charge in [0.05, 0.1) is 9.95 Å². The Bertz CT molecular complexity index is 561. The molecule has 5 nitrogen and oxygen atoms in total. The fraction of sp³-hybridized carbons (Fsp3) is 0.0833. The second-order valence-electron chi connectivity index (χ2n) is 3.52. The number of nitrogens with zero attached hydrogens (tertiary/aromatic N) is 2. The van der Waals surface area contributed by atoms with Crippen LogP contribution in [0.3, 0.4) is 0 Å². The van der Waals surface area contributed by atoms with E-state index in [-0.39, 0.29) is 10.7 Å². The molecule has 0 fully saturated rings. The molecular weight excluding hydrogens is 256 g/mol. The van der Waals surface area contributed by atoms with Crippen molar-refractivity contribution in [1.82, 2.24) is 4.98 Å². The van der Waals surface area contributed by atoms with Crippen LogP contribution < -0.4 is 4.74 Å². The molecule has 2 aromatic rings. The molecule has 6 heteroatoms. The largest absolute Gasteiger partial charge is 0.487 e. The molecule has 2 rings (SSSR count). The first-order chi connectivity index (χ1) is 8.66. The highest BCUT2D eigenvalue weighted by Crippen LogP contribution is 2.29. The van der Waals surface area contributed by atoms with Crippen LogP contribution in [-0.2, 0) is 6.61 Å². The van der Waals surface area contributed by atoms with Gasteiger partial charge < -0.3 is 4.74 Å². The number of hydrogen-bond donors (Lipinski definition) is 0. The van der Waals surface area contributed by atoms with E-state index in [0.29, 0.717) is 12.4 Å². The third kappa shape index (κ3) is 2.95. The maximum atomic E-state index is 10.5. The summed E-state index contributed by atoms with van der Waals surface area (Å²) >= 11 is 5.90. The van der Waals surface area contributed by atoms with Crippen molar-refractivity contribution in [2.45, 2.75) is 6.61 Å². The number of aromatic nitrogens is 1. The van der Waals surface area contributed by atoms with E-state index in [1.165, 1.54) is 18.2 Å². The van der Waals surface area contributed by atoms with Gasteiger partial charge in [-0.15, -0.1) is 0 Å². The van der Waals surface area contributed by atoms with Gasteiger partial charge in [0.2, 0.25) is 0 Å². The average Bonchev–Trinajstić information content (AvgIpc) is 2.38. The molecule has 0 aliphatic heterocycles. The van der Waals surface area contributed by atoms with Crippen molar-refractivity contribution in [1.29, 1.82) is 0 Å². The van der Waals surface area contributed by atoms with Crippen LogP contribution in [0.4, 0.5) is 5.69 Å². The Hall–Kier alpha value is -2.14. The molecule has 1 aromatic heterocycles. The number of nitro groups is 1. The molecule has 0 spiro atoms. The number of nitro benzene ring substituents is 1. The lowest BCUT2D eigenvalue weighted by atomic mass is 10.3. The van der Waals surface area contributed by atoms with Gasteiger partial charge in [-0.25, -0.2) is 0 Å². The van der Waals surface area contributed by atoms with Crippen molar-refractivity contribution < 1.29 is 9.66 Å². The number of rotatable bonds is 4. The number of non-ortho nitro benzene ring substituents is 1. The zero-order chi connectivity index (χ0) is 13.0. The second kappa shape index (κ2) is 5.46. The first-order valence-electron chi connectivity index (χ1n) is 5.12. The van der Waals surface area contributed by atoms with Gasteiger partial charge in [0.15, 0.2) is 0 Å². The molecule has 1 aromatic carbocycles. The van der Waals surface area contributed by atoms with Gasteiger partial charge in [-0.3, -0.25) is 15.1 Å². The highest BCUT2D eigenvalue weighted by Gasteiger charge is 2.10. The Morgan fingerprint density at radius 1 is 1.28 bits per heavy atom. The summed E-state index contributed by atoms with van der Waals surface area (Å²) < 4.78 is 5.48. The van der Waals surface area contributed by atoms with E-state index in [4.69, 9.17) is 16.3 Å². The van der Waals surface area contributed by atoms with Crippen molar-refractivity contribution in [2.24, 2.45) is 0 Å². The molecule has 18 heavy (non-hydrogen) atoms. The van der Waals surface area contributed by atoms with E-state index < -0.39 is 4.92 Å². The van der Waals surface area contributed by atoms with Gasteiger partial charge in [0.25, 0.3) is 5.69 Å². The fourth-order valence-electron chi connectivity index (χ4n) is 1.36. The predicted molar refractivity (Wildman–Crippen MR) is 66.7 cm³/mol. The summed E-state index contributed by atoms with van der Waals surface area (Å²) in [5.41, 5.74) is 0.885. The summed E-state index contributed by atoms with van der Waals surface area (Å²) in [4.78, 5) is 13.9. The number of halogens is 1. The molecule has 0 saturated carbocycles. The van der Waals surface area contributed by atoms with Gasteiger partial charge in [-0.1, -0.05) is 11.6 Å². The highest BCUT2D eigenvalue weighted by molar-refractivity contribution is 6.32. The Morgan fingerprint density at radius 2 is 2.00 bits per heavy atom. The van der Waals surface area contributed by atoms with Gasteiger partial charge >= 0.3 is 0 Å². The van der Waals surface area contributed by atoms with E-state index in [9.17, 15) is 10.1 Å². The van der Waals surface area contributed by atoms with Gasteiger partial charge in [0.1, 0.15) is 12.4 Å². The van der Waals surface area contributed by atoms with Crippen LogP contribution in [-0.4, -0.2) is 9.91 Å². The zero-order valence-electron chi connectivity index (χ0n) is 9.25. The molecule has 0 amide bonds. The van der Waals surface area contributed by atoms with Crippen LogP contribution in [0, 0.1) is 10.1 Å². The summed E-state index contributed by atoms with van der Waals surface area (Å²) in [5.74, 6) is 0.416. The molecule has 1 heterocycles. The van der Waals surface area contributed by atoms with Crippen LogP contribution in [0.2, 0.25) is 5.02 Å². The predicted octanol–water partition coefficient (Wildman–Crippen LogP) is 3.22. The molecular formula is C12H9ClN2O3. The van der Waals surface area contributed by atoms with Crippen LogP contribution in [0.1, 0.15) is 5.56 Å². The quantitative estimate of drug-likeness (QED) is 0.628. The molecule has 0 saturated heterocycles. The van der Waals surface area contributed by atoms with Crippen LogP contribution in [0.15, 0.2) is 42.7 Å². The van der Waals surface area contributed by atoms with Crippen LogP contribution >= 0.6 is 11.6 Å². The third-order valence-electron chi connectivity index (χ3n) is 2.27. The lowest BCUT2D eigenvalue weighted by Gasteiger charge is -2.07. The number of ether oxygens (including phenoxy) is 1. The first-order valence-corrected chi connectivity index (χ1v) is 5.50. The molecule has 0 aliphatic carbocycles. The summed E-state index contributed by atoms with van der Waals surface area (Å²) in [5, 5.41) is 10.8. The minimum absolute atomic E-state index is 0.0590. The normalized spacial score (nSPS) is 10.1. The Morgan fingerprint density at radius 3 is 2.61 bits per heavy atom. The summed E-state index contributed by atoms with van der Waals surface area (Å²) in [6.07, 6.45) is 3.33. The molecule has 0 N–H and O–H groups in total. The lowest BCUT2D eigenvalue weighted by molar-refractivity contribution is -0.384. The maximum absolute atomic E-state index is 10.5. The van der Waals surface area contributed by atoms with Crippen molar-refractivity contribution in [3.05, 3.63) is 63.4 Å². The second-order valence-corrected chi connectivity index (χ2v) is 3.92. The van der Waals surface area contributed by atoms with Crippen molar-refractivity contribution >= 4 is 17.3 Å². The number of benzene rings is 1. The topological polar surface area (TPSA) is 65.3 Å². The summed E-state index contributed by atoms with van der Waals surface area (Å²) in [6.45, 7) is 0.333. The highest BCUT2D eigenvalue weighted by atomic mass is 35.5. The Balaban J connectivity index is 2.08. The smallest absolute Gasteiger partial charge is 0.271 e. The van der Waals surface area contributed by atoms with Gasteiger partial charge in [0, 0.05) is 24.5 Å². The minimum atomic E-state index is -0.501. The molecule has 92 valence electrons. The molecule has 0 radical (unpaired) electrons. The van der Waals surface area contributed by atoms with Crippen molar-refractivity contribution in [3.8, 4) is 5.75 Å². The van der Waals surface area contributed by atoms with E-state index in [2.05, 4.69) is 4.98 Å². The number of pyridine rings is 1. The maximum Gasteiger partial charge on any atom is 0.271 e. The first kappa shape index (κ1) is 12.3. The SMILES string of the molecule is O=[N+]([O-])c1ccc(OCc2ccncc2)c(Cl)c1. The molecule has 0 unspecified atom stereocenters. The van der Waals surface area contributed by atoms with Crippen molar-refractivity contribution in [3.63, 3.8) is 0 Å². The summed E-state index contributed by atoms with van der Waals surface area (Å²) in [6, 6.07) is 7.75. The van der Waals surface area contributed by atoms with E-state index in [1.807, 2.05) is 12.1 Å². The van der Waals surface area contributed by atoms with E-state index in [1.54, 1.807) is 12.4 Å².